The quantitative estimate of drug-likeness (QED) is 0.822. The maximum Gasteiger partial charge on any atom is 0.303 e. The lowest BCUT2D eigenvalue weighted by Gasteiger charge is -2.20. The van der Waals surface area contributed by atoms with Crippen LogP contribution in [0.1, 0.15) is 43.2 Å². The van der Waals surface area contributed by atoms with Crippen LogP contribution in [0.15, 0.2) is 24.3 Å². The first-order valence-corrected chi connectivity index (χ1v) is 6.79. The van der Waals surface area contributed by atoms with E-state index >= 15 is 0 Å². The molecule has 0 heterocycles. The molecule has 0 spiro atoms. The summed E-state index contributed by atoms with van der Waals surface area (Å²) in [5.41, 5.74) is 3.99. The van der Waals surface area contributed by atoms with Crippen LogP contribution in [0.4, 0.5) is 0 Å². The Balaban J connectivity index is 2.11. The third-order valence-electron chi connectivity index (χ3n) is 3.54. The summed E-state index contributed by atoms with van der Waals surface area (Å²) in [7, 11) is 1.68. The Hall–Kier alpha value is -1.77. The van der Waals surface area contributed by atoms with Gasteiger partial charge in [-0.3, -0.25) is 4.79 Å². The summed E-state index contributed by atoms with van der Waals surface area (Å²) >= 11 is 0. The lowest BCUT2D eigenvalue weighted by atomic mass is 9.86. The number of allylic oxidation sites excluding steroid dienone is 2. The van der Waals surface area contributed by atoms with Crippen molar-refractivity contribution in [2.24, 2.45) is 0 Å². The molecule has 0 aliphatic heterocycles. The third-order valence-corrected chi connectivity index (χ3v) is 3.54. The molecule has 1 aromatic rings. The number of aliphatic carboxylic acids is 1. The summed E-state index contributed by atoms with van der Waals surface area (Å²) in [6.45, 7) is 0. The van der Waals surface area contributed by atoms with Crippen LogP contribution < -0.4 is 4.74 Å². The second-order valence-corrected chi connectivity index (χ2v) is 4.89. The largest absolute Gasteiger partial charge is 0.497 e. The Kier molecular flexibility index (Phi) is 4.61. The molecule has 3 heteroatoms. The fourth-order valence-corrected chi connectivity index (χ4v) is 2.55. The van der Waals surface area contributed by atoms with E-state index in [9.17, 15) is 4.79 Å². The maximum atomic E-state index is 10.5. The molecule has 0 saturated carbocycles. The molecule has 2 rings (SSSR count). The van der Waals surface area contributed by atoms with Crippen LogP contribution in [0.3, 0.4) is 0 Å². The lowest BCUT2D eigenvalue weighted by Crippen LogP contribution is -2.02. The van der Waals surface area contributed by atoms with Gasteiger partial charge in [0.2, 0.25) is 0 Å². The van der Waals surface area contributed by atoms with Gasteiger partial charge in [0.1, 0.15) is 5.75 Å². The number of methoxy groups -OCH3 is 1. The van der Waals surface area contributed by atoms with Crippen LogP contribution in [-0.4, -0.2) is 18.2 Å². The highest BCUT2D eigenvalue weighted by Gasteiger charge is 2.14. The molecule has 1 aromatic carbocycles. The normalized spacial score (nSPS) is 16.2. The Labute approximate surface area is 113 Å². The number of hydrogen-bond donors (Lipinski definition) is 1. The summed E-state index contributed by atoms with van der Waals surface area (Å²) in [5, 5.41) is 8.64. The average Bonchev–Trinajstić information content (AvgIpc) is 2.43. The second kappa shape index (κ2) is 6.41. The van der Waals surface area contributed by atoms with Gasteiger partial charge in [0.25, 0.3) is 0 Å². The summed E-state index contributed by atoms with van der Waals surface area (Å²) in [6, 6.07) is 6.24. The average molecular weight is 260 g/mol. The number of aryl methyl sites for hydroxylation is 1. The van der Waals surface area contributed by atoms with E-state index in [4.69, 9.17) is 9.84 Å². The zero-order valence-corrected chi connectivity index (χ0v) is 11.3. The van der Waals surface area contributed by atoms with E-state index in [-0.39, 0.29) is 6.42 Å². The Bertz CT molecular complexity index is 489. The van der Waals surface area contributed by atoms with Crippen LogP contribution in [0.25, 0.3) is 5.57 Å². The molecular weight excluding hydrogens is 240 g/mol. The molecular formula is C16H20O3. The molecule has 19 heavy (non-hydrogen) atoms. The Morgan fingerprint density at radius 1 is 1.42 bits per heavy atom. The Morgan fingerprint density at radius 3 is 3.00 bits per heavy atom. The number of carbonyl (C=O) groups is 1. The van der Waals surface area contributed by atoms with Crippen molar-refractivity contribution in [3.63, 3.8) is 0 Å². The minimum absolute atomic E-state index is 0.245. The lowest BCUT2D eigenvalue weighted by molar-refractivity contribution is -0.137. The number of carboxylic acid groups (broad SMARTS) is 1. The molecule has 0 saturated heterocycles. The maximum absolute atomic E-state index is 10.5. The molecule has 0 unspecified atom stereocenters. The molecule has 0 radical (unpaired) electrons. The van der Waals surface area contributed by atoms with Gasteiger partial charge in [0.05, 0.1) is 7.11 Å². The van der Waals surface area contributed by atoms with Gasteiger partial charge < -0.3 is 9.84 Å². The summed E-state index contributed by atoms with van der Waals surface area (Å²) < 4.78 is 5.28. The number of rotatable bonds is 5. The van der Waals surface area contributed by atoms with E-state index in [2.05, 4.69) is 18.2 Å². The van der Waals surface area contributed by atoms with Crippen molar-refractivity contribution in [3.8, 4) is 5.75 Å². The van der Waals surface area contributed by atoms with E-state index in [1.54, 1.807) is 7.11 Å². The summed E-state index contributed by atoms with van der Waals surface area (Å²) in [4.78, 5) is 10.5. The highest BCUT2D eigenvalue weighted by molar-refractivity contribution is 5.71. The van der Waals surface area contributed by atoms with Crippen LogP contribution in [0.2, 0.25) is 0 Å². The van der Waals surface area contributed by atoms with Crippen molar-refractivity contribution >= 4 is 11.5 Å². The Morgan fingerprint density at radius 2 is 2.26 bits per heavy atom. The molecule has 3 nitrogen and oxygen atoms in total. The predicted molar refractivity (Wildman–Crippen MR) is 75.4 cm³/mol. The van der Waals surface area contributed by atoms with E-state index in [0.29, 0.717) is 6.42 Å². The molecule has 1 aliphatic carbocycles. The van der Waals surface area contributed by atoms with Crippen LogP contribution in [0.5, 0.6) is 5.75 Å². The fourth-order valence-electron chi connectivity index (χ4n) is 2.55. The van der Waals surface area contributed by atoms with E-state index in [1.807, 2.05) is 6.07 Å². The first-order chi connectivity index (χ1) is 9.20. The number of carboxylic acids is 1. The zero-order valence-electron chi connectivity index (χ0n) is 11.3. The van der Waals surface area contributed by atoms with Crippen LogP contribution >= 0.6 is 0 Å². The summed E-state index contributed by atoms with van der Waals surface area (Å²) in [5.74, 6) is 0.168. The number of hydrogen-bond acceptors (Lipinski definition) is 2. The van der Waals surface area contributed by atoms with Gasteiger partial charge in [-0.1, -0.05) is 12.1 Å². The van der Waals surface area contributed by atoms with E-state index in [1.165, 1.54) is 23.1 Å². The highest BCUT2D eigenvalue weighted by atomic mass is 16.5. The minimum atomic E-state index is -0.718. The zero-order chi connectivity index (χ0) is 13.7. The molecule has 0 amide bonds. The van der Waals surface area contributed by atoms with Gasteiger partial charge in [-0.25, -0.2) is 0 Å². The van der Waals surface area contributed by atoms with Gasteiger partial charge in [-0.15, -0.1) is 0 Å². The third kappa shape index (κ3) is 3.60. The van der Waals surface area contributed by atoms with Crippen molar-refractivity contribution in [2.75, 3.05) is 7.11 Å². The molecule has 0 bridgehead atoms. The number of fused-ring (bicyclic) bond motifs is 1. The first kappa shape index (κ1) is 13.7. The van der Waals surface area contributed by atoms with E-state index < -0.39 is 5.97 Å². The van der Waals surface area contributed by atoms with Crippen molar-refractivity contribution in [1.29, 1.82) is 0 Å². The van der Waals surface area contributed by atoms with Crippen molar-refractivity contribution < 1.29 is 14.6 Å². The molecule has 0 atom stereocenters. The first-order valence-electron chi connectivity index (χ1n) is 6.79. The smallest absolute Gasteiger partial charge is 0.303 e. The SMILES string of the molecule is COc1ccc2c(c1)/C(=C/CCCC(=O)O)CCC2. The number of unbranched alkanes of at least 4 members (excludes halogenated alkanes) is 1. The standard InChI is InChI=1S/C16H20O3/c1-19-14-10-9-13-7-4-6-12(15(13)11-14)5-2-3-8-16(17)18/h5,9-11H,2-4,6-8H2,1H3,(H,17,18)/b12-5+. The topological polar surface area (TPSA) is 46.5 Å². The monoisotopic (exact) mass is 260 g/mol. The van der Waals surface area contributed by atoms with Crippen LogP contribution in [0, 0.1) is 0 Å². The molecule has 102 valence electrons. The van der Waals surface area contributed by atoms with Crippen molar-refractivity contribution in [1.82, 2.24) is 0 Å². The van der Waals surface area contributed by atoms with Gasteiger partial charge >= 0.3 is 5.97 Å². The summed E-state index contributed by atoms with van der Waals surface area (Å²) in [6.07, 6.45) is 7.34. The van der Waals surface area contributed by atoms with Crippen molar-refractivity contribution in [2.45, 2.75) is 38.5 Å². The molecule has 0 aromatic heterocycles. The number of benzene rings is 1. The minimum Gasteiger partial charge on any atom is -0.497 e. The molecule has 1 N–H and O–H groups in total. The second-order valence-electron chi connectivity index (χ2n) is 4.89. The van der Waals surface area contributed by atoms with Crippen LogP contribution in [-0.2, 0) is 11.2 Å². The molecule has 0 fully saturated rings. The van der Waals surface area contributed by atoms with Gasteiger partial charge in [-0.05, 0) is 60.9 Å². The highest BCUT2D eigenvalue weighted by Crippen LogP contribution is 2.33. The van der Waals surface area contributed by atoms with Crippen molar-refractivity contribution in [3.05, 3.63) is 35.4 Å². The van der Waals surface area contributed by atoms with Gasteiger partial charge in [0, 0.05) is 6.42 Å². The predicted octanol–water partition coefficient (Wildman–Crippen LogP) is 3.67. The fraction of sp³-hybridized carbons (Fsp3) is 0.438. The van der Waals surface area contributed by atoms with Gasteiger partial charge in [0.15, 0.2) is 0 Å². The number of ether oxygens (including phenoxy) is 1. The van der Waals surface area contributed by atoms with Gasteiger partial charge in [-0.2, -0.15) is 0 Å². The van der Waals surface area contributed by atoms with E-state index in [0.717, 1.165) is 25.0 Å². The molecule has 1 aliphatic rings.